The fourth-order valence-electron chi connectivity index (χ4n) is 2.42. The molecule has 7 nitrogen and oxygen atoms in total. The van der Waals surface area contributed by atoms with Crippen molar-refractivity contribution in [3.63, 3.8) is 0 Å². The summed E-state index contributed by atoms with van der Waals surface area (Å²) in [7, 11) is -4.44. The molecular weight excluding hydrogens is 361 g/mol. The zero-order valence-corrected chi connectivity index (χ0v) is 15.2. The highest BCUT2D eigenvalue weighted by Gasteiger charge is 2.30. The minimum atomic E-state index is -4.44. The van der Waals surface area contributed by atoms with E-state index in [9.17, 15) is 22.9 Å². The van der Waals surface area contributed by atoms with Gasteiger partial charge in [-0.1, -0.05) is 44.2 Å². The van der Waals surface area contributed by atoms with Gasteiger partial charge >= 0.3 is 0 Å². The second-order valence-corrected chi connectivity index (χ2v) is 7.83. The van der Waals surface area contributed by atoms with E-state index in [1.807, 2.05) is 26.0 Å². The van der Waals surface area contributed by atoms with Gasteiger partial charge in [-0.05, 0) is 23.1 Å². The Morgan fingerprint density at radius 3 is 2.27 bits per heavy atom. The maximum absolute atomic E-state index is 13.9. The molecule has 0 aliphatic carbocycles. The number of nitro benzene ring substituents is 1. The molecule has 2 aromatic carbocycles. The molecule has 0 aromatic heterocycles. The molecule has 0 radical (unpaired) electrons. The maximum Gasteiger partial charge on any atom is 0.292 e. The van der Waals surface area contributed by atoms with Crippen LogP contribution in [-0.2, 0) is 10.0 Å². The molecule has 0 saturated heterocycles. The van der Waals surface area contributed by atoms with Gasteiger partial charge in [0.15, 0.2) is 4.90 Å². The number of hydrogen-bond acceptors (Lipinski definition) is 5. The van der Waals surface area contributed by atoms with E-state index < -0.39 is 37.4 Å². The Bertz CT molecular complexity index is 899. The topological polar surface area (TPSA) is 115 Å². The summed E-state index contributed by atoms with van der Waals surface area (Å²) in [5.74, 6) is -0.845. The monoisotopic (exact) mass is 381 g/mol. The first kappa shape index (κ1) is 20.0. The van der Waals surface area contributed by atoms with Crippen LogP contribution in [0.1, 0.15) is 36.9 Å². The normalized spacial score (nSPS) is 13.0. The third-order valence-electron chi connectivity index (χ3n) is 3.94. The van der Waals surface area contributed by atoms with E-state index in [2.05, 4.69) is 4.72 Å². The van der Waals surface area contributed by atoms with Gasteiger partial charge in [0.1, 0.15) is 5.82 Å². The van der Waals surface area contributed by atoms with Crippen molar-refractivity contribution in [3.05, 3.63) is 69.5 Å². The first-order valence-corrected chi connectivity index (χ1v) is 9.40. The highest BCUT2D eigenvalue weighted by Crippen LogP contribution is 2.26. The Balaban J connectivity index is 2.19. The summed E-state index contributed by atoms with van der Waals surface area (Å²) in [5, 5.41) is 11.0. The van der Waals surface area contributed by atoms with Crippen LogP contribution in [-0.4, -0.2) is 19.9 Å². The second kappa shape index (κ2) is 7.90. The van der Waals surface area contributed by atoms with E-state index in [1.54, 1.807) is 12.1 Å². The fourth-order valence-corrected chi connectivity index (χ4v) is 3.71. The summed E-state index contributed by atoms with van der Waals surface area (Å²) in [6.07, 6.45) is 0. The quantitative estimate of drug-likeness (QED) is 0.565. The molecule has 0 fully saturated rings. The first-order valence-electron chi connectivity index (χ1n) is 7.91. The summed E-state index contributed by atoms with van der Waals surface area (Å²) >= 11 is 0. The highest BCUT2D eigenvalue weighted by molar-refractivity contribution is 7.89. The summed E-state index contributed by atoms with van der Waals surface area (Å²) in [6, 6.07) is 9.56. The minimum Gasteiger partial charge on any atom is -0.323 e. The van der Waals surface area contributed by atoms with Crippen molar-refractivity contribution >= 4 is 15.7 Å². The average Bonchev–Trinajstić information content (AvgIpc) is 2.59. The number of nitro groups is 1. The van der Waals surface area contributed by atoms with Crippen molar-refractivity contribution in [2.45, 2.75) is 30.7 Å². The lowest BCUT2D eigenvalue weighted by Crippen LogP contribution is -2.32. The molecule has 0 heterocycles. The third-order valence-corrected chi connectivity index (χ3v) is 5.42. The molecule has 0 spiro atoms. The van der Waals surface area contributed by atoms with E-state index in [1.165, 1.54) is 0 Å². The zero-order valence-electron chi connectivity index (χ0n) is 14.3. The molecule has 26 heavy (non-hydrogen) atoms. The molecule has 2 aromatic rings. The molecule has 2 rings (SSSR count). The SMILES string of the molecule is CC(C)c1ccc(C(N)CNS(=O)(=O)c2c(F)cccc2[N+](=O)[O-])cc1. The maximum atomic E-state index is 13.9. The van der Waals surface area contributed by atoms with Gasteiger partial charge in [-0.15, -0.1) is 0 Å². The third kappa shape index (κ3) is 4.43. The van der Waals surface area contributed by atoms with Crippen LogP contribution in [0.3, 0.4) is 0 Å². The van der Waals surface area contributed by atoms with Crippen molar-refractivity contribution in [3.8, 4) is 0 Å². The molecule has 0 bridgehead atoms. The van der Waals surface area contributed by atoms with Gasteiger partial charge in [-0.25, -0.2) is 17.5 Å². The van der Waals surface area contributed by atoms with Gasteiger partial charge in [-0.2, -0.15) is 0 Å². The van der Waals surface area contributed by atoms with Crippen LogP contribution in [0.4, 0.5) is 10.1 Å². The zero-order chi connectivity index (χ0) is 19.5. The van der Waals surface area contributed by atoms with Crippen molar-refractivity contribution < 1.29 is 17.7 Å². The van der Waals surface area contributed by atoms with Crippen LogP contribution in [0.25, 0.3) is 0 Å². The molecule has 0 aliphatic rings. The lowest BCUT2D eigenvalue weighted by molar-refractivity contribution is -0.388. The van der Waals surface area contributed by atoms with Crippen LogP contribution in [0.15, 0.2) is 47.4 Å². The Kier molecular flexibility index (Phi) is 6.06. The van der Waals surface area contributed by atoms with Gasteiger partial charge < -0.3 is 5.73 Å². The van der Waals surface area contributed by atoms with Crippen LogP contribution >= 0.6 is 0 Å². The lowest BCUT2D eigenvalue weighted by Gasteiger charge is -2.15. The average molecular weight is 381 g/mol. The van der Waals surface area contributed by atoms with Crippen molar-refractivity contribution in [2.75, 3.05) is 6.54 Å². The van der Waals surface area contributed by atoms with Crippen molar-refractivity contribution in [2.24, 2.45) is 5.73 Å². The minimum absolute atomic E-state index is 0.227. The van der Waals surface area contributed by atoms with Gasteiger partial charge in [-0.3, -0.25) is 10.1 Å². The molecule has 1 unspecified atom stereocenters. The molecule has 0 aliphatic heterocycles. The highest BCUT2D eigenvalue weighted by atomic mass is 32.2. The summed E-state index contributed by atoms with van der Waals surface area (Å²) < 4.78 is 40.8. The Morgan fingerprint density at radius 1 is 1.15 bits per heavy atom. The van der Waals surface area contributed by atoms with E-state index in [0.29, 0.717) is 11.5 Å². The largest absolute Gasteiger partial charge is 0.323 e. The number of hydrogen-bond donors (Lipinski definition) is 2. The fraction of sp³-hybridized carbons (Fsp3) is 0.294. The van der Waals surface area contributed by atoms with Crippen LogP contribution in [0.5, 0.6) is 0 Å². The van der Waals surface area contributed by atoms with Crippen LogP contribution in [0.2, 0.25) is 0 Å². The Labute approximate surface area is 151 Å². The van der Waals surface area contributed by atoms with E-state index in [0.717, 1.165) is 23.8 Å². The Hall–Kier alpha value is -2.36. The summed E-state index contributed by atoms with van der Waals surface area (Å²) in [5.41, 5.74) is 6.97. The number of benzene rings is 2. The van der Waals surface area contributed by atoms with Crippen LogP contribution < -0.4 is 10.5 Å². The number of rotatable bonds is 7. The first-order chi connectivity index (χ1) is 12.1. The van der Waals surface area contributed by atoms with Gasteiger partial charge in [0.05, 0.1) is 4.92 Å². The summed E-state index contributed by atoms with van der Waals surface area (Å²) in [6.45, 7) is 3.86. The molecule has 0 saturated carbocycles. The number of nitrogens with zero attached hydrogens (tertiary/aromatic N) is 1. The van der Waals surface area contributed by atoms with Crippen molar-refractivity contribution in [1.29, 1.82) is 0 Å². The lowest BCUT2D eigenvalue weighted by atomic mass is 9.99. The van der Waals surface area contributed by atoms with Gasteiger partial charge in [0.2, 0.25) is 10.0 Å². The smallest absolute Gasteiger partial charge is 0.292 e. The predicted octanol–water partition coefficient (Wildman–Crippen LogP) is 2.84. The van der Waals surface area contributed by atoms with Gasteiger partial charge in [0.25, 0.3) is 5.69 Å². The van der Waals surface area contributed by atoms with E-state index in [4.69, 9.17) is 5.73 Å². The molecular formula is C17H20FN3O4S. The molecule has 3 N–H and O–H groups in total. The van der Waals surface area contributed by atoms with E-state index in [-0.39, 0.29) is 6.54 Å². The number of nitrogens with one attached hydrogen (secondary N) is 1. The molecule has 140 valence electrons. The second-order valence-electron chi connectivity index (χ2n) is 6.12. The number of sulfonamides is 1. The standard InChI is InChI=1S/C17H20FN3O4S/c1-11(2)12-6-8-13(9-7-12)15(19)10-20-26(24,25)17-14(18)4-3-5-16(17)21(22)23/h3-9,11,15,20H,10,19H2,1-2H3. The molecule has 1 atom stereocenters. The number of nitrogens with two attached hydrogens (primary N) is 1. The van der Waals surface area contributed by atoms with E-state index >= 15 is 0 Å². The summed E-state index contributed by atoms with van der Waals surface area (Å²) in [4.78, 5) is 9.05. The van der Waals surface area contributed by atoms with Gasteiger partial charge in [0, 0.05) is 18.7 Å². The molecule has 0 amide bonds. The van der Waals surface area contributed by atoms with Crippen LogP contribution in [0, 0.1) is 15.9 Å². The number of halogens is 1. The molecule has 9 heteroatoms. The van der Waals surface area contributed by atoms with Crippen molar-refractivity contribution in [1.82, 2.24) is 4.72 Å². The predicted molar refractivity (Wildman–Crippen MR) is 95.7 cm³/mol. The Morgan fingerprint density at radius 2 is 1.73 bits per heavy atom.